The minimum absolute atomic E-state index is 0.170. The van der Waals surface area contributed by atoms with Crippen molar-refractivity contribution in [2.75, 3.05) is 0 Å². The van der Waals surface area contributed by atoms with Crippen molar-refractivity contribution in [3.05, 3.63) is 88.2 Å². The van der Waals surface area contributed by atoms with Crippen molar-refractivity contribution in [3.8, 4) is 5.69 Å². The lowest BCUT2D eigenvalue weighted by Crippen LogP contribution is -2.21. The maximum atomic E-state index is 12.1. The molecule has 1 N–H and O–H groups in total. The number of hydrogen-bond donors (Lipinski definition) is 1. The number of nitrogens with one attached hydrogen (secondary N) is 1. The molecule has 0 aliphatic heterocycles. The summed E-state index contributed by atoms with van der Waals surface area (Å²) in [7, 11) is 0. The van der Waals surface area contributed by atoms with Crippen molar-refractivity contribution in [2.24, 2.45) is 0 Å². The molecular formula is C21H20ClN3O. The van der Waals surface area contributed by atoms with Gasteiger partial charge < -0.3 is 5.32 Å². The Morgan fingerprint density at radius 1 is 1.12 bits per heavy atom. The van der Waals surface area contributed by atoms with Crippen molar-refractivity contribution < 1.29 is 4.79 Å². The predicted molar refractivity (Wildman–Crippen MR) is 105 cm³/mol. The molecule has 1 aromatic heterocycles. The number of carbonyl (C=O) groups excluding carboxylic acids is 1. The number of aromatic nitrogens is 2. The fourth-order valence-electron chi connectivity index (χ4n) is 2.76. The van der Waals surface area contributed by atoms with Crippen LogP contribution in [-0.2, 0) is 11.3 Å². The molecule has 1 amide bonds. The number of amides is 1. The van der Waals surface area contributed by atoms with Crippen molar-refractivity contribution in [2.45, 2.75) is 20.4 Å². The Morgan fingerprint density at radius 2 is 1.81 bits per heavy atom. The minimum atomic E-state index is -0.170. The maximum Gasteiger partial charge on any atom is 0.244 e. The summed E-state index contributed by atoms with van der Waals surface area (Å²) in [4.78, 5) is 12.1. The summed E-state index contributed by atoms with van der Waals surface area (Å²) in [6, 6.07) is 17.3. The lowest BCUT2D eigenvalue weighted by Gasteiger charge is -2.06. The number of benzene rings is 2. The summed E-state index contributed by atoms with van der Waals surface area (Å²) in [5, 5.41) is 8.12. The van der Waals surface area contributed by atoms with E-state index in [0.29, 0.717) is 11.6 Å². The molecule has 1 heterocycles. The van der Waals surface area contributed by atoms with Crippen LogP contribution in [0.2, 0.25) is 5.02 Å². The quantitative estimate of drug-likeness (QED) is 0.678. The van der Waals surface area contributed by atoms with Crippen molar-refractivity contribution >= 4 is 23.6 Å². The van der Waals surface area contributed by atoms with Crippen LogP contribution in [-0.4, -0.2) is 15.7 Å². The van der Waals surface area contributed by atoms with Crippen LogP contribution in [0.25, 0.3) is 11.8 Å². The molecule has 3 aromatic rings. The third-order valence-electron chi connectivity index (χ3n) is 4.20. The first-order valence-corrected chi connectivity index (χ1v) is 8.75. The van der Waals surface area contributed by atoms with Gasteiger partial charge in [0.25, 0.3) is 0 Å². The van der Waals surface area contributed by atoms with Gasteiger partial charge in [-0.15, -0.1) is 0 Å². The van der Waals surface area contributed by atoms with Crippen LogP contribution in [0.3, 0.4) is 0 Å². The van der Waals surface area contributed by atoms with Gasteiger partial charge in [0.2, 0.25) is 5.91 Å². The number of carbonyl (C=O) groups is 1. The number of aryl methyl sites for hydroxylation is 1. The van der Waals surface area contributed by atoms with Gasteiger partial charge >= 0.3 is 0 Å². The third kappa shape index (κ3) is 4.03. The third-order valence-corrected chi connectivity index (χ3v) is 4.55. The van der Waals surface area contributed by atoms with Crippen LogP contribution in [0.4, 0.5) is 0 Å². The highest BCUT2D eigenvalue weighted by Crippen LogP contribution is 2.18. The van der Waals surface area contributed by atoms with Crippen LogP contribution in [0.15, 0.2) is 60.7 Å². The van der Waals surface area contributed by atoms with E-state index in [1.165, 1.54) is 6.08 Å². The largest absolute Gasteiger partial charge is 0.348 e. The predicted octanol–water partition coefficient (Wildman–Crippen LogP) is 4.47. The van der Waals surface area contributed by atoms with Crippen LogP contribution in [0.1, 0.15) is 22.5 Å². The first kappa shape index (κ1) is 18.0. The molecule has 3 rings (SSSR count). The van der Waals surface area contributed by atoms with Crippen LogP contribution < -0.4 is 5.32 Å². The highest BCUT2D eigenvalue weighted by atomic mass is 35.5. The van der Waals surface area contributed by atoms with Crippen LogP contribution >= 0.6 is 11.6 Å². The molecule has 0 spiro atoms. The highest BCUT2D eigenvalue weighted by Gasteiger charge is 2.13. The summed E-state index contributed by atoms with van der Waals surface area (Å²) >= 11 is 6.09. The van der Waals surface area contributed by atoms with Crippen LogP contribution in [0, 0.1) is 13.8 Å². The highest BCUT2D eigenvalue weighted by molar-refractivity contribution is 6.32. The standard InChI is InChI=1S/C21H20ClN3O/c1-15-19(16(2)25(24-15)18-9-4-3-5-10-18)14-23-21(26)13-12-17-8-6-7-11-20(17)22/h3-13H,14H2,1-2H3,(H,23,26)/b13-12+. The Kier molecular flexibility index (Phi) is 5.54. The Balaban J connectivity index is 1.69. The summed E-state index contributed by atoms with van der Waals surface area (Å²) < 4.78 is 1.90. The van der Waals surface area contributed by atoms with Gasteiger partial charge in [-0.2, -0.15) is 5.10 Å². The molecule has 26 heavy (non-hydrogen) atoms. The molecule has 0 radical (unpaired) electrons. The van der Waals surface area contributed by atoms with Gasteiger partial charge in [-0.3, -0.25) is 4.79 Å². The second kappa shape index (κ2) is 8.02. The number of rotatable bonds is 5. The molecule has 2 aromatic carbocycles. The molecule has 5 heteroatoms. The average Bonchev–Trinajstić information content (AvgIpc) is 2.94. The fourth-order valence-corrected chi connectivity index (χ4v) is 2.96. The van der Waals surface area contributed by atoms with Gasteiger partial charge in [-0.05, 0) is 43.7 Å². The lowest BCUT2D eigenvalue weighted by atomic mass is 10.2. The van der Waals surface area contributed by atoms with Crippen molar-refractivity contribution in [1.29, 1.82) is 0 Å². The average molecular weight is 366 g/mol. The molecule has 0 unspecified atom stereocenters. The molecular weight excluding hydrogens is 346 g/mol. The molecule has 132 valence electrons. The molecule has 0 aliphatic carbocycles. The van der Waals surface area contributed by atoms with Gasteiger partial charge in [-0.25, -0.2) is 4.68 Å². The van der Waals surface area contributed by atoms with Gasteiger partial charge in [0.05, 0.1) is 11.4 Å². The van der Waals surface area contributed by atoms with E-state index in [-0.39, 0.29) is 5.91 Å². The van der Waals surface area contributed by atoms with Gasteiger partial charge in [0, 0.05) is 28.9 Å². The monoisotopic (exact) mass is 365 g/mol. The fraction of sp³-hybridized carbons (Fsp3) is 0.143. The molecule has 0 aliphatic rings. The zero-order chi connectivity index (χ0) is 18.5. The van der Waals surface area contributed by atoms with E-state index in [4.69, 9.17) is 11.6 Å². The lowest BCUT2D eigenvalue weighted by molar-refractivity contribution is -0.116. The van der Waals surface area contributed by atoms with E-state index < -0.39 is 0 Å². The van der Waals surface area contributed by atoms with E-state index in [9.17, 15) is 4.79 Å². The van der Waals surface area contributed by atoms with E-state index >= 15 is 0 Å². The molecule has 4 nitrogen and oxygen atoms in total. The normalized spacial score (nSPS) is 11.0. The Hall–Kier alpha value is -2.85. The molecule has 0 saturated carbocycles. The maximum absolute atomic E-state index is 12.1. The molecule has 0 bridgehead atoms. The van der Waals surface area contributed by atoms with Gasteiger partial charge in [0.1, 0.15) is 0 Å². The van der Waals surface area contributed by atoms with Crippen molar-refractivity contribution in [1.82, 2.24) is 15.1 Å². The van der Waals surface area contributed by atoms with E-state index in [0.717, 1.165) is 28.2 Å². The summed E-state index contributed by atoms with van der Waals surface area (Å²) in [5.41, 5.74) is 4.76. The van der Waals surface area contributed by atoms with E-state index in [2.05, 4.69) is 10.4 Å². The van der Waals surface area contributed by atoms with E-state index in [1.54, 1.807) is 12.1 Å². The minimum Gasteiger partial charge on any atom is -0.348 e. The Bertz CT molecular complexity index is 945. The molecule has 0 saturated heterocycles. The number of hydrogen-bond acceptors (Lipinski definition) is 2. The zero-order valence-electron chi connectivity index (χ0n) is 14.7. The first-order valence-electron chi connectivity index (χ1n) is 8.37. The summed E-state index contributed by atoms with van der Waals surface area (Å²) in [6.45, 7) is 4.39. The van der Waals surface area contributed by atoms with Crippen molar-refractivity contribution in [3.63, 3.8) is 0 Å². The summed E-state index contributed by atoms with van der Waals surface area (Å²) in [5.74, 6) is -0.170. The molecule has 0 fully saturated rings. The smallest absolute Gasteiger partial charge is 0.244 e. The van der Waals surface area contributed by atoms with Gasteiger partial charge in [-0.1, -0.05) is 48.0 Å². The first-order chi connectivity index (χ1) is 12.6. The van der Waals surface area contributed by atoms with Crippen LogP contribution in [0.5, 0.6) is 0 Å². The summed E-state index contributed by atoms with van der Waals surface area (Å²) in [6.07, 6.45) is 3.21. The molecule has 0 atom stereocenters. The Morgan fingerprint density at radius 3 is 2.54 bits per heavy atom. The number of nitrogens with zero attached hydrogens (tertiary/aromatic N) is 2. The second-order valence-electron chi connectivity index (χ2n) is 5.97. The topological polar surface area (TPSA) is 46.9 Å². The number of para-hydroxylation sites is 1. The van der Waals surface area contributed by atoms with Gasteiger partial charge in [0.15, 0.2) is 0 Å². The SMILES string of the molecule is Cc1nn(-c2ccccc2)c(C)c1CNC(=O)/C=C/c1ccccc1Cl. The second-order valence-corrected chi connectivity index (χ2v) is 6.38. The number of halogens is 1. The Labute approximate surface area is 158 Å². The zero-order valence-corrected chi connectivity index (χ0v) is 15.5. The van der Waals surface area contributed by atoms with E-state index in [1.807, 2.05) is 67.1 Å².